The Morgan fingerprint density at radius 2 is 1.00 bits per heavy atom. The highest BCUT2D eigenvalue weighted by Crippen LogP contribution is 2.49. The molecule has 1 nitrogen and oxygen atoms in total. The molecular formula is C47H35N. The Balaban J connectivity index is 1.15. The van der Waals surface area contributed by atoms with Gasteiger partial charge in [-0.1, -0.05) is 147 Å². The van der Waals surface area contributed by atoms with Gasteiger partial charge in [0.15, 0.2) is 0 Å². The molecule has 8 aromatic rings. The Labute approximate surface area is 282 Å². The standard InChI is InChI=1S/C47H35N/c1-47(2)44-19-8-7-18-42(44)43-28-25-38(31-45(43)47)33-23-26-39(27-24-33)48(46-20-10-14-34-12-5-6-17-41(34)46)40-16-9-15-36(30-40)37-22-21-32-11-3-4-13-35(32)29-37/h3-31H,1-2H3. The van der Waals surface area contributed by atoms with Gasteiger partial charge in [-0.15, -0.1) is 0 Å². The van der Waals surface area contributed by atoms with Crippen molar-refractivity contribution >= 4 is 38.6 Å². The molecule has 0 saturated heterocycles. The first-order valence-corrected chi connectivity index (χ1v) is 16.8. The lowest BCUT2D eigenvalue weighted by Crippen LogP contribution is -2.14. The molecule has 0 fully saturated rings. The summed E-state index contributed by atoms with van der Waals surface area (Å²) in [5.41, 5.74) is 13.8. The predicted molar refractivity (Wildman–Crippen MR) is 205 cm³/mol. The molecule has 0 spiro atoms. The van der Waals surface area contributed by atoms with Crippen molar-refractivity contribution in [3.8, 4) is 33.4 Å². The van der Waals surface area contributed by atoms with E-state index in [-0.39, 0.29) is 5.41 Å². The number of fused-ring (bicyclic) bond motifs is 5. The molecule has 1 heteroatoms. The Bertz CT molecular complexity index is 2480. The smallest absolute Gasteiger partial charge is 0.0540 e. The average Bonchev–Trinajstić information content (AvgIpc) is 3.37. The largest absolute Gasteiger partial charge is 0.310 e. The van der Waals surface area contributed by atoms with Crippen molar-refractivity contribution < 1.29 is 0 Å². The summed E-state index contributed by atoms with van der Waals surface area (Å²) in [5.74, 6) is 0. The predicted octanol–water partition coefficient (Wildman–Crippen LogP) is 13.1. The summed E-state index contributed by atoms with van der Waals surface area (Å²) in [6.45, 7) is 4.69. The van der Waals surface area contributed by atoms with Crippen LogP contribution in [-0.2, 0) is 5.41 Å². The van der Waals surface area contributed by atoms with E-state index in [1.807, 2.05) is 0 Å². The first-order chi connectivity index (χ1) is 23.5. The summed E-state index contributed by atoms with van der Waals surface area (Å²) in [6, 6.07) is 64.4. The number of rotatable bonds is 5. The molecule has 1 aliphatic carbocycles. The fraction of sp³-hybridized carbons (Fsp3) is 0.0638. The van der Waals surface area contributed by atoms with Crippen LogP contribution in [0.2, 0.25) is 0 Å². The van der Waals surface area contributed by atoms with Crippen molar-refractivity contribution in [2.75, 3.05) is 4.90 Å². The highest BCUT2D eigenvalue weighted by Gasteiger charge is 2.35. The van der Waals surface area contributed by atoms with Gasteiger partial charge >= 0.3 is 0 Å². The van der Waals surface area contributed by atoms with Crippen molar-refractivity contribution in [2.45, 2.75) is 19.3 Å². The van der Waals surface area contributed by atoms with Gasteiger partial charge in [-0.05, 0) is 103 Å². The molecule has 0 heterocycles. The van der Waals surface area contributed by atoms with Crippen molar-refractivity contribution in [1.82, 2.24) is 0 Å². The van der Waals surface area contributed by atoms with Crippen molar-refractivity contribution in [2.24, 2.45) is 0 Å². The van der Waals surface area contributed by atoms with Crippen molar-refractivity contribution in [1.29, 1.82) is 0 Å². The molecule has 0 atom stereocenters. The maximum Gasteiger partial charge on any atom is 0.0540 e. The lowest BCUT2D eigenvalue weighted by Gasteiger charge is -2.27. The Morgan fingerprint density at radius 1 is 0.375 bits per heavy atom. The third-order valence-electron chi connectivity index (χ3n) is 10.2. The lowest BCUT2D eigenvalue weighted by atomic mass is 9.81. The maximum absolute atomic E-state index is 2.40. The van der Waals surface area contributed by atoms with Gasteiger partial charge in [0.2, 0.25) is 0 Å². The number of benzene rings is 8. The zero-order valence-electron chi connectivity index (χ0n) is 27.2. The molecular weight excluding hydrogens is 579 g/mol. The van der Waals surface area contributed by atoms with Crippen molar-refractivity contribution in [3.63, 3.8) is 0 Å². The summed E-state index contributed by atoms with van der Waals surface area (Å²) < 4.78 is 0. The lowest BCUT2D eigenvalue weighted by molar-refractivity contribution is 0.660. The zero-order valence-corrected chi connectivity index (χ0v) is 27.2. The fourth-order valence-electron chi connectivity index (χ4n) is 7.71. The van der Waals surface area contributed by atoms with E-state index in [4.69, 9.17) is 0 Å². The second kappa shape index (κ2) is 11.1. The van der Waals surface area contributed by atoms with Crippen LogP contribution < -0.4 is 4.90 Å². The fourth-order valence-corrected chi connectivity index (χ4v) is 7.71. The summed E-state index contributed by atoms with van der Waals surface area (Å²) in [6.07, 6.45) is 0. The van der Waals surface area contributed by atoms with E-state index in [9.17, 15) is 0 Å². The molecule has 48 heavy (non-hydrogen) atoms. The number of nitrogens with zero attached hydrogens (tertiary/aromatic N) is 1. The Kier molecular flexibility index (Phi) is 6.55. The van der Waals surface area contributed by atoms with Crippen molar-refractivity contribution in [3.05, 3.63) is 187 Å². The molecule has 0 N–H and O–H groups in total. The van der Waals surface area contributed by atoms with Crippen LogP contribution in [0, 0.1) is 0 Å². The number of hydrogen-bond donors (Lipinski definition) is 0. The molecule has 0 saturated carbocycles. The molecule has 228 valence electrons. The van der Waals surface area contributed by atoms with Crippen LogP contribution in [0.25, 0.3) is 54.9 Å². The van der Waals surface area contributed by atoms with Gasteiger partial charge in [0.1, 0.15) is 0 Å². The number of hydrogen-bond acceptors (Lipinski definition) is 1. The first-order valence-electron chi connectivity index (χ1n) is 16.8. The normalized spacial score (nSPS) is 13.0. The molecule has 8 aromatic carbocycles. The van der Waals surface area contributed by atoms with Crippen LogP contribution in [0.5, 0.6) is 0 Å². The Hall–Kier alpha value is -5.92. The minimum atomic E-state index is -0.0247. The van der Waals surface area contributed by atoms with E-state index in [1.54, 1.807) is 0 Å². The van der Waals surface area contributed by atoms with E-state index in [0.29, 0.717) is 0 Å². The molecule has 0 unspecified atom stereocenters. The molecule has 0 aromatic heterocycles. The van der Waals surface area contributed by atoms with Gasteiger partial charge in [-0.2, -0.15) is 0 Å². The molecule has 0 bridgehead atoms. The SMILES string of the molecule is CC1(C)c2ccccc2-c2ccc(-c3ccc(N(c4cccc(-c5ccc6ccccc6c5)c4)c4cccc5ccccc45)cc3)cc21. The topological polar surface area (TPSA) is 3.24 Å². The quantitative estimate of drug-likeness (QED) is 0.187. The van der Waals surface area contributed by atoms with Gasteiger partial charge in [-0.25, -0.2) is 0 Å². The molecule has 0 radical (unpaired) electrons. The van der Waals surface area contributed by atoms with Crippen LogP contribution >= 0.6 is 0 Å². The van der Waals surface area contributed by atoms with E-state index >= 15 is 0 Å². The minimum absolute atomic E-state index is 0.0247. The van der Waals surface area contributed by atoms with Crippen LogP contribution in [0.3, 0.4) is 0 Å². The van der Waals surface area contributed by atoms with Crippen LogP contribution in [0.4, 0.5) is 17.1 Å². The first kappa shape index (κ1) is 28.3. The van der Waals surface area contributed by atoms with Gasteiger partial charge in [0.05, 0.1) is 5.69 Å². The number of anilines is 3. The summed E-state index contributed by atoms with van der Waals surface area (Å²) >= 11 is 0. The third-order valence-corrected chi connectivity index (χ3v) is 10.2. The third kappa shape index (κ3) is 4.62. The highest BCUT2D eigenvalue weighted by molar-refractivity contribution is 5.99. The van der Waals surface area contributed by atoms with Gasteiger partial charge < -0.3 is 4.90 Å². The minimum Gasteiger partial charge on any atom is -0.310 e. The van der Waals surface area contributed by atoms with Crippen LogP contribution in [0.1, 0.15) is 25.0 Å². The Morgan fingerprint density at radius 3 is 1.88 bits per heavy atom. The molecule has 9 rings (SSSR count). The second-order valence-corrected chi connectivity index (χ2v) is 13.4. The van der Waals surface area contributed by atoms with Gasteiger partial charge in [0.25, 0.3) is 0 Å². The monoisotopic (exact) mass is 613 g/mol. The summed E-state index contributed by atoms with van der Waals surface area (Å²) in [5, 5.41) is 4.96. The van der Waals surface area contributed by atoms with Gasteiger partial charge in [0, 0.05) is 22.2 Å². The van der Waals surface area contributed by atoms with Gasteiger partial charge in [-0.3, -0.25) is 0 Å². The van der Waals surface area contributed by atoms with E-state index in [2.05, 4.69) is 195 Å². The molecule has 0 amide bonds. The average molecular weight is 614 g/mol. The maximum atomic E-state index is 2.40. The van der Waals surface area contributed by atoms with Crippen LogP contribution in [0.15, 0.2) is 176 Å². The molecule has 0 aliphatic heterocycles. The summed E-state index contributed by atoms with van der Waals surface area (Å²) in [7, 11) is 0. The second-order valence-electron chi connectivity index (χ2n) is 13.4. The van der Waals surface area contributed by atoms with Crippen LogP contribution in [-0.4, -0.2) is 0 Å². The molecule has 1 aliphatic rings. The zero-order chi connectivity index (χ0) is 32.2. The van der Waals surface area contributed by atoms with E-state index < -0.39 is 0 Å². The highest BCUT2D eigenvalue weighted by atomic mass is 15.1. The summed E-state index contributed by atoms with van der Waals surface area (Å²) in [4.78, 5) is 2.40. The van der Waals surface area contributed by atoms with E-state index in [1.165, 1.54) is 66.1 Å². The van der Waals surface area contributed by atoms with E-state index in [0.717, 1.165) is 17.1 Å².